The summed E-state index contributed by atoms with van der Waals surface area (Å²) in [5.74, 6) is 0.235. The molecular weight excluding hydrogens is 170 g/mol. The first-order valence-corrected chi connectivity index (χ1v) is 3.99. The maximum atomic E-state index is 9.42. The van der Waals surface area contributed by atoms with E-state index < -0.39 is 0 Å². The third kappa shape index (κ3) is 0.987. The van der Waals surface area contributed by atoms with E-state index in [1.807, 2.05) is 6.07 Å². The van der Waals surface area contributed by atoms with Crippen molar-refractivity contribution < 1.29 is 5.11 Å². The van der Waals surface area contributed by atoms with Crippen LogP contribution in [-0.4, -0.2) is 10.1 Å². The van der Waals surface area contributed by atoms with Crippen LogP contribution in [0.3, 0.4) is 0 Å². The van der Waals surface area contributed by atoms with E-state index in [-0.39, 0.29) is 5.75 Å². The topological polar surface area (TPSA) is 36.0 Å². The molecule has 0 unspecified atom stereocenters. The minimum atomic E-state index is 0.235. The molecule has 2 N–H and O–H groups in total. The van der Waals surface area contributed by atoms with Crippen molar-refractivity contribution in [2.24, 2.45) is 0 Å². The summed E-state index contributed by atoms with van der Waals surface area (Å²) in [5, 5.41) is 10.3. The Labute approximate surface area is 74.5 Å². The number of aromatic amines is 1. The summed E-state index contributed by atoms with van der Waals surface area (Å²) in [6, 6.07) is 7.10. The molecule has 0 radical (unpaired) electrons. The molecule has 0 saturated carbocycles. The largest absolute Gasteiger partial charge is 0.506 e. The molecule has 60 valence electrons. The van der Waals surface area contributed by atoms with E-state index in [0.29, 0.717) is 5.52 Å². The molecule has 3 heteroatoms. The molecule has 1 aromatic heterocycles. The van der Waals surface area contributed by atoms with Crippen LogP contribution in [-0.2, 0) is 0 Å². The van der Waals surface area contributed by atoms with Crippen molar-refractivity contribution >= 4 is 23.1 Å². The third-order valence-corrected chi connectivity index (χ3v) is 2.13. The Morgan fingerprint density at radius 2 is 2.08 bits per heavy atom. The van der Waals surface area contributed by atoms with Crippen LogP contribution in [0, 0.1) is 4.51 Å². The fourth-order valence-corrected chi connectivity index (χ4v) is 1.43. The number of fused-ring (bicyclic) bond motifs is 1. The summed E-state index contributed by atoms with van der Waals surface area (Å²) in [6.07, 6.45) is 1.73. The lowest BCUT2D eigenvalue weighted by Gasteiger charge is -1.99. The normalized spacial score (nSPS) is 10.3. The average Bonchev–Trinajstić information content (AvgIpc) is 2.07. The van der Waals surface area contributed by atoms with Gasteiger partial charge in [0.2, 0.25) is 0 Å². The fraction of sp³-hybridized carbons (Fsp3) is 0. The maximum absolute atomic E-state index is 9.42. The summed E-state index contributed by atoms with van der Waals surface area (Å²) in [5.41, 5.74) is 0.699. The zero-order valence-electron chi connectivity index (χ0n) is 6.24. The lowest BCUT2D eigenvalue weighted by atomic mass is 10.2. The quantitative estimate of drug-likeness (QED) is 0.607. The maximum Gasteiger partial charge on any atom is 0.139 e. The number of aromatic hydroxyl groups is 1. The number of aromatic nitrogens is 1. The van der Waals surface area contributed by atoms with Crippen LogP contribution >= 0.6 is 12.2 Å². The summed E-state index contributed by atoms with van der Waals surface area (Å²) in [4.78, 5) is 2.94. The van der Waals surface area contributed by atoms with Crippen LogP contribution in [0.2, 0.25) is 0 Å². The van der Waals surface area contributed by atoms with E-state index in [9.17, 15) is 5.11 Å². The molecule has 0 aliphatic rings. The van der Waals surface area contributed by atoms with Gasteiger partial charge in [-0.05, 0) is 12.1 Å². The monoisotopic (exact) mass is 177 g/mol. The highest BCUT2D eigenvalue weighted by molar-refractivity contribution is 7.71. The van der Waals surface area contributed by atoms with E-state index >= 15 is 0 Å². The number of phenolic OH excluding ortho intramolecular Hbond substituents is 1. The second-order valence-corrected chi connectivity index (χ2v) is 2.98. The van der Waals surface area contributed by atoms with E-state index in [2.05, 4.69) is 4.98 Å². The number of para-hydroxylation sites is 1. The van der Waals surface area contributed by atoms with Crippen LogP contribution in [0.25, 0.3) is 10.9 Å². The van der Waals surface area contributed by atoms with E-state index in [4.69, 9.17) is 12.2 Å². The summed E-state index contributed by atoms with van der Waals surface area (Å²) in [6.45, 7) is 0. The van der Waals surface area contributed by atoms with Gasteiger partial charge in [0.1, 0.15) is 5.75 Å². The van der Waals surface area contributed by atoms with Crippen molar-refractivity contribution in [1.82, 2.24) is 4.98 Å². The highest BCUT2D eigenvalue weighted by Crippen LogP contribution is 2.21. The first kappa shape index (κ1) is 7.31. The number of nitrogens with one attached hydrogen (secondary N) is 1. The zero-order valence-corrected chi connectivity index (χ0v) is 7.06. The smallest absolute Gasteiger partial charge is 0.139 e. The zero-order chi connectivity index (χ0) is 8.55. The molecular formula is C9H7NOS. The van der Waals surface area contributed by atoms with Crippen molar-refractivity contribution in [1.29, 1.82) is 0 Å². The van der Waals surface area contributed by atoms with Gasteiger partial charge in [0.25, 0.3) is 0 Å². The van der Waals surface area contributed by atoms with Crippen molar-refractivity contribution in [3.05, 3.63) is 35.0 Å². The van der Waals surface area contributed by atoms with Gasteiger partial charge in [0, 0.05) is 16.1 Å². The molecule has 1 heterocycles. The molecule has 0 aliphatic heterocycles. The highest BCUT2D eigenvalue weighted by atomic mass is 32.1. The van der Waals surface area contributed by atoms with Gasteiger partial charge >= 0.3 is 0 Å². The molecule has 0 amide bonds. The van der Waals surface area contributed by atoms with E-state index in [0.717, 1.165) is 9.90 Å². The van der Waals surface area contributed by atoms with E-state index in [1.165, 1.54) is 0 Å². The lowest BCUT2D eigenvalue weighted by Crippen LogP contribution is -1.78. The molecule has 1 aromatic carbocycles. The van der Waals surface area contributed by atoms with Gasteiger partial charge in [0.15, 0.2) is 0 Å². The van der Waals surface area contributed by atoms with Crippen LogP contribution < -0.4 is 0 Å². The number of phenols is 1. The van der Waals surface area contributed by atoms with Crippen molar-refractivity contribution in [2.45, 2.75) is 0 Å². The van der Waals surface area contributed by atoms with Gasteiger partial charge in [-0.3, -0.25) is 0 Å². The Kier molecular flexibility index (Phi) is 1.59. The Morgan fingerprint density at radius 3 is 2.83 bits per heavy atom. The SMILES string of the molecule is Oc1cccc2c(=S)cc[nH]c12. The lowest BCUT2D eigenvalue weighted by molar-refractivity contribution is 0.480. The minimum absolute atomic E-state index is 0.235. The molecule has 0 saturated heterocycles. The van der Waals surface area contributed by atoms with Crippen LogP contribution in [0.4, 0.5) is 0 Å². The Hall–Kier alpha value is -1.35. The molecule has 2 nitrogen and oxygen atoms in total. The van der Waals surface area contributed by atoms with Gasteiger partial charge in [-0.1, -0.05) is 24.4 Å². The highest BCUT2D eigenvalue weighted by Gasteiger charge is 1.97. The van der Waals surface area contributed by atoms with Gasteiger partial charge in [-0.25, -0.2) is 0 Å². The summed E-state index contributed by atoms with van der Waals surface area (Å²) < 4.78 is 0.750. The van der Waals surface area contributed by atoms with Gasteiger partial charge in [-0.15, -0.1) is 0 Å². The Bertz CT molecular complexity index is 475. The standard InChI is InChI=1S/C9H7NOS/c11-7-3-1-2-6-8(12)4-5-10-9(6)7/h1-5,11H,(H,10,12). The van der Waals surface area contributed by atoms with Crippen LogP contribution in [0.1, 0.15) is 0 Å². The molecule has 2 rings (SSSR count). The molecule has 0 fully saturated rings. The predicted octanol–water partition coefficient (Wildman–Crippen LogP) is 2.60. The molecule has 12 heavy (non-hydrogen) atoms. The van der Waals surface area contributed by atoms with Crippen LogP contribution in [0.15, 0.2) is 30.5 Å². The molecule has 0 atom stereocenters. The summed E-state index contributed by atoms with van der Waals surface area (Å²) >= 11 is 5.08. The number of pyridine rings is 1. The Morgan fingerprint density at radius 1 is 1.25 bits per heavy atom. The van der Waals surface area contributed by atoms with Crippen LogP contribution in [0.5, 0.6) is 5.75 Å². The second kappa shape index (κ2) is 2.60. The van der Waals surface area contributed by atoms with Crippen molar-refractivity contribution in [2.75, 3.05) is 0 Å². The predicted molar refractivity (Wildman–Crippen MR) is 50.8 cm³/mol. The van der Waals surface area contributed by atoms with Crippen molar-refractivity contribution in [3.63, 3.8) is 0 Å². The number of hydrogen-bond acceptors (Lipinski definition) is 2. The first-order chi connectivity index (χ1) is 5.79. The van der Waals surface area contributed by atoms with Gasteiger partial charge in [-0.2, -0.15) is 0 Å². The average molecular weight is 177 g/mol. The number of H-pyrrole nitrogens is 1. The van der Waals surface area contributed by atoms with E-state index in [1.54, 1.807) is 24.4 Å². The fourth-order valence-electron chi connectivity index (χ4n) is 1.19. The first-order valence-electron chi connectivity index (χ1n) is 3.58. The minimum Gasteiger partial charge on any atom is -0.506 e. The second-order valence-electron chi connectivity index (χ2n) is 2.54. The molecule has 0 aliphatic carbocycles. The van der Waals surface area contributed by atoms with Gasteiger partial charge < -0.3 is 10.1 Å². The van der Waals surface area contributed by atoms with Gasteiger partial charge in [0.05, 0.1) is 5.52 Å². The number of benzene rings is 1. The molecule has 0 spiro atoms. The third-order valence-electron chi connectivity index (χ3n) is 1.77. The number of rotatable bonds is 0. The van der Waals surface area contributed by atoms with Crippen molar-refractivity contribution in [3.8, 4) is 5.75 Å². The Balaban J connectivity index is 3.05. The number of hydrogen-bond donors (Lipinski definition) is 2. The molecule has 0 bridgehead atoms. The summed E-state index contributed by atoms with van der Waals surface area (Å²) in [7, 11) is 0. The molecule has 2 aromatic rings.